The van der Waals surface area contributed by atoms with Gasteiger partial charge in [-0.15, -0.1) is 0 Å². The molecule has 0 spiro atoms. The summed E-state index contributed by atoms with van der Waals surface area (Å²) >= 11 is 6.44. The van der Waals surface area contributed by atoms with Crippen LogP contribution < -0.4 is 5.32 Å². The van der Waals surface area contributed by atoms with Gasteiger partial charge >= 0.3 is 0 Å². The average molecular weight is 447 g/mol. The summed E-state index contributed by atoms with van der Waals surface area (Å²) in [5.41, 5.74) is 2.97. The van der Waals surface area contributed by atoms with E-state index >= 15 is 0 Å². The standard InChI is InChI=1S/C23H19ClN6O2/c1-14(2)30-22-17(12-26-30)16(11-19(28-22)21-4-3-9-32-21)23(31)27-15-5-6-20(18(24)10-15)29-8-7-25-13-29/h3-14H,1-2H3,(H,27,31). The normalized spacial score (nSPS) is 11.4. The monoisotopic (exact) mass is 446 g/mol. The van der Waals surface area contributed by atoms with E-state index in [4.69, 9.17) is 21.0 Å². The molecule has 0 unspecified atom stereocenters. The first-order valence-electron chi connectivity index (χ1n) is 10.0. The molecule has 0 saturated carbocycles. The Morgan fingerprint density at radius 2 is 2.09 bits per heavy atom. The molecule has 4 aromatic heterocycles. The van der Waals surface area contributed by atoms with E-state index in [1.165, 1.54) is 0 Å². The fraction of sp³-hybridized carbons (Fsp3) is 0.130. The summed E-state index contributed by atoms with van der Waals surface area (Å²) in [6.45, 7) is 4.02. The Kier molecular flexibility index (Phi) is 4.99. The number of hydrogen-bond donors (Lipinski definition) is 1. The summed E-state index contributed by atoms with van der Waals surface area (Å²) < 4.78 is 9.10. The number of pyridine rings is 1. The van der Waals surface area contributed by atoms with Crippen LogP contribution in [0.3, 0.4) is 0 Å². The van der Waals surface area contributed by atoms with Gasteiger partial charge in [-0.05, 0) is 50.2 Å². The van der Waals surface area contributed by atoms with Gasteiger partial charge in [-0.3, -0.25) is 4.79 Å². The first kappa shape index (κ1) is 20.0. The Morgan fingerprint density at radius 3 is 2.78 bits per heavy atom. The van der Waals surface area contributed by atoms with E-state index in [-0.39, 0.29) is 11.9 Å². The van der Waals surface area contributed by atoms with Crippen molar-refractivity contribution in [2.75, 3.05) is 5.32 Å². The molecule has 9 heteroatoms. The molecule has 8 nitrogen and oxygen atoms in total. The maximum atomic E-state index is 13.3. The highest BCUT2D eigenvalue weighted by Gasteiger charge is 2.20. The average Bonchev–Trinajstić information content (AvgIpc) is 3.54. The molecular weight excluding hydrogens is 428 g/mol. The molecule has 0 aliphatic carbocycles. The zero-order valence-electron chi connectivity index (χ0n) is 17.4. The van der Waals surface area contributed by atoms with E-state index in [9.17, 15) is 4.79 Å². The molecule has 0 bridgehead atoms. The highest BCUT2D eigenvalue weighted by Crippen LogP contribution is 2.28. The van der Waals surface area contributed by atoms with E-state index in [0.717, 1.165) is 5.69 Å². The third-order valence-electron chi connectivity index (χ3n) is 5.06. The van der Waals surface area contributed by atoms with Crippen molar-refractivity contribution in [3.63, 3.8) is 0 Å². The minimum Gasteiger partial charge on any atom is -0.463 e. The van der Waals surface area contributed by atoms with Crippen LogP contribution in [0.5, 0.6) is 0 Å². The van der Waals surface area contributed by atoms with Crippen LogP contribution in [-0.4, -0.2) is 30.2 Å². The molecule has 5 rings (SSSR count). The second-order valence-electron chi connectivity index (χ2n) is 7.54. The van der Waals surface area contributed by atoms with Gasteiger partial charge in [-0.25, -0.2) is 14.6 Å². The van der Waals surface area contributed by atoms with Crippen LogP contribution in [-0.2, 0) is 0 Å². The third kappa shape index (κ3) is 3.54. The number of fused-ring (bicyclic) bond motifs is 1. The smallest absolute Gasteiger partial charge is 0.256 e. The molecule has 0 aliphatic rings. The van der Waals surface area contributed by atoms with Crippen molar-refractivity contribution in [2.24, 2.45) is 0 Å². The molecule has 0 atom stereocenters. The molecule has 160 valence electrons. The summed E-state index contributed by atoms with van der Waals surface area (Å²) in [6.07, 6.45) is 8.38. The molecule has 4 heterocycles. The lowest BCUT2D eigenvalue weighted by atomic mass is 10.1. The summed E-state index contributed by atoms with van der Waals surface area (Å²) in [7, 11) is 0. The number of rotatable bonds is 5. The zero-order valence-corrected chi connectivity index (χ0v) is 18.1. The van der Waals surface area contributed by atoms with E-state index < -0.39 is 0 Å². The predicted molar refractivity (Wildman–Crippen MR) is 122 cm³/mol. The Balaban J connectivity index is 1.54. The molecule has 1 aromatic carbocycles. The van der Waals surface area contributed by atoms with Gasteiger partial charge in [0, 0.05) is 24.1 Å². The Bertz CT molecular complexity index is 1400. The number of amides is 1. The Hall–Kier alpha value is -3.91. The fourth-order valence-corrected chi connectivity index (χ4v) is 3.81. The van der Waals surface area contributed by atoms with Crippen LogP contribution in [0.1, 0.15) is 30.2 Å². The number of hydrogen-bond acceptors (Lipinski definition) is 5. The van der Waals surface area contributed by atoms with Gasteiger partial charge in [0.05, 0.1) is 40.4 Å². The van der Waals surface area contributed by atoms with Crippen LogP contribution in [0, 0.1) is 0 Å². The lowest BCUT2D eigenvalue weighted by molar-refractivity contribution is 0.102. The molecule has 32 heavy (non-hydrogen) atoms. The topological polar surface area (TPSA) is 90.8 Å². The van der Waals surface area contributed by atoms with Crippen molar-refractivity contribution < 1.29 is 9.21 Å². The van der Waals surface area contributed by atoms with E-state index in [1.54, 1.807) is 70.8 Å². The molecule has 0 radical (unpaired) electrons. The molecule has 0 fully saturated rings. The van der Waals surface area contributed by atoms with Gasteiger partial charge in [-0.2, -0.15) is 5.10 Å². The molecular formula is C23H19ClN6O2. The zero-order chi connectivity index (χ0) is 22.2. The molecule has 0 aliphatic heterocycles. The summed E-state index contributed by atoms with van der Waals surface area (Å²) in [6, 6.07) is 10.7. The number of aromatic nitrogens is 5. The maximum Gasteiger partial charge on any atom is 0.256 e. The first-order valence-corrected chi connectivity index (χ1v) is 10.4. The number of imidazole rings is 1. The quantitative estimate of drug-likeness (QED) is 0.392. The highest BCUT2D eigenvalue weighted by atomic mass is 35.5. The van der Waals surface area contributed by atoms with Crippen molar-refractivity contribution in [3.8, 4) is 17.1 Å². The van der Waals surface area contributed by atoms with Gasteiger partial charge in [-0.1, -0.05) is 11.6 Å². The molecule has 1 N–H and O–H groups in total. The first-order chi connectivity index (χ1) is 15.5. The second kappa shape index (κ2) is 7.97. The van der Waals surface area contributed by atoms with Gasteiger partial charge in [0.25, 0.3) is 5.91 Å². The number of halogens is 1. The summed E-state index contributed by atoms with van der Waals surface area (Å²) in [4.78, 5) is 22.0. The Morgan fingerprint density at radius 1 is 1.22 bits per heavy atom. The van der Waals surface area contributed by atoms with Crippen molar-refractivity contribution in [2.45, 2.75) is 19.9 Å². The second-order valence-corrected chi connectivity index (χ2v) is 7.95. The largest absolute Gasteiger partial charge is 0.463 e. The summed E-state index contributed by atoms with van der Waals surface area (Å²) in [5, 5.41) is 8.52. The molecule has 5 aromatic rings. The van der Waals surface area contributed by atoms with Crippen molar-refractivity contribution in [1.29, 1.82) is 0 Å². The van der Waals surface area contributed by atoms with Crippen molar-refractivity contribution in [3.05, 3.63) is 78.2 Å². The lowest BCUT2D eigenvalue weighted by Crippen LogP contribution is -2.13. The number of nitrogens with zero attached hydrogens (tertiary/aromatic N) is 5. The predicted octanol–water partition coefficient (Wildman–Crippen LogP) is 5.36. The van der Waals surface area contributed by atoms with Crippen molar-refractivity contribution in [1.82, 2.24) is 24.3 Å². The Labute approximate surface area is 188 Å². The van der Waals surface area contributed by atoms with E-state index in [1.807, 2.05) is 19.9 Å². The minimum atomic E-state index is -0.292. The van der Waals surface area contributed by atoms with Crippen LogP contribution in [0.25, 0.3) is 28.2 Å². The molecule has 0 saturated heterocycles. The van der Waals surface area contributed by atoms with E-state index in [2.05, 4.69) is 15.4 Å². The number of furan rings is 1. The van der Waals surface area contributed by atoms with Gasteiger partial charge in [0.1, 0.15) is 5.69 Å². The lowest BCUT2D eigenvalue weighted by Gasteiger charge is -2.11. The number of carbonyl (C=O) groups excluding carboxylic acids is 1. The van der Waals surface area contributed by atoms with Gasteiger partial charge in [0.2, 0.25) is 0 Å². The number of nitrogens with one attached hydrogen (secondary N) is 1. The highest BCUT2D eigenvalue weighted by molar-refractivity contribution is 6.32. The summed E-state index contributed by atoms with van der Waals surface area (Å²) in [5.74, 6) is 0.283. The number of anilines is 1. The number of carbonyl (C=O) groups is 1. The van der Waals surface area contributed by atoms with Crippen LogP contribution in [0.15, 0.2) is 72.0 Å². The number of benzene rings is 1. The minimum absolute atomic E-state index is 0.0808. The van der Waals surface area contributed by atoms with Crippen LogP contribution >= 0.6 is 11.6 Å². The van der Waals surface area contributed by atoms with Crippen LogP contribution in [0.2, 0.25) is 5.02 Å². The third-order valence-corrected chi connectivity index (χ3v) is 5.36. The van der Waals surface area contributed by atoms with E-state index in [0.29, 0.717) is 38.8 Å². The van der Waals surface area contributed by atoms with Crippen LogP contribution in [0.4, 0.5) is 5.69 Å². The van der Waals surface area contributed by atoms with Crippen molar-refractivity contribution >= 4 is 34.2 Å². The molecule has 1 amide bonds. The maximum absolute atomic E-state index is 13.3. The van der Waals surface area contributed by atoms with Gasteiger partial charge < -0.3 is 14.3 Å². The SMILES string of the molecule is CC(C)n1ncc2c(C(=O)Nc3ccc(-n4ccnc4)c(Cl)c3)cc(-c3ccco3)nc21. The fourth-order valence-electron chi connectivity index (χ4n) is 3.53. The van der Waals surface area contributed by atoms with Gasteiger partial charge in [0.15, 0.2) is 11.4 Å².